The van der Waals surface area contributed by atoms with E-state index in [0.29, 0.717) is 74.8 Å². The van der Waals surface area contributed by atoms with Crippen molar-refractivity contribution in [2.45, 2.75) is 44.4 Å². The number of allylic oxidation sites excluding steroid dienone is 4. The quantitative estimate of drug-likeness (QED) is 0.382. The molecule has 9 heteroatoms. The van der Waals surface area contributed by atoms with Crippen molar-refractivity contribution in [1.82, 2.24) is 0 Å². The Bertz CT molecular complexity index is 1290. The third-order valence-corrected chi connectivity index (χ3v) is 7.76. The molecular weight excluding hydrogens is 614 g/mol. The van der Waals surface area contributed by atoms with Gasteiger partial charge in [-0.3, -0.25) is 14.4 Å². The van der Waals surface area contributed by atoms with Crippen molar-refractivity contribution in [1.29, 1.82) is 0 Å². The van der Waals surface area contributed by atoms with Gasteiger partial charge >= 0.3 is 0 Å². The summed E-state index contributed by atoms with van der Waals surface area (Å²) < 4.78 is 13.5. The molecule has 0 saturated heterocycles. The first kappa shape index (κ1) is 25.2. The van der Waals surface area contributed by atoms with Gasteiger partial charge in [0.05, 0.1) is 10.4 Å². The van der Waals surface area contributed by atoms with Crippen LogP contribution in [0, 0.1) is 0 Å². The molecular formula is C27H22Br2ClNO5. The minimum absolute atomic E-state index is 0.0197. The molecule has 0 saturated carbocycles. The van der Waals surface area contributed by atoms with Crippen molar-refractivity contribution in [2.75, 3.05) is 11.9 Å². The topological polar surface area (TPSA) is 81.7 Å². The first-order valence-electron chi connectivity index (χ1n) is 11.7. The van der Waals surface area contributed by atoms with Crippen LogP contribution in [0.3, 0.4) is 0 Å². The average Bonchev–Trinajstić information content (AvgIpc) is 2.83. The highest BCUT2D eigenvalue weighted by Crippen LogP contribution is 2.51. The average molecular weight is 636 g/mol. The van der Waals surface area contributed by atoms with Crippen molar-refractivity contribution in [2.24, 2.45) is 0 Å². The molecule has 5 rings (SSSR count). The summed E-state index contributed by atoms with van der Waals surface area (Å²) in [5.74, 6) is 0.702. The van der Waals surface area contributed by atoms with Gasteiger partial charge in [-0.2, -0.15) is 0 Å². The largest absolute Gasteiger partial charge is 0.482 e. The Hall–Kier alpha value is -2.42. The Kier molecular flexibility index (Phi) is 7.37. The van der Waals surface area contributed by atoms with E-state index in [0.717, 1.165) is 17.3 Å². The molecule has 36 heavy (non-hydrogen) atoms. The lowest BCUT2D eigenvalue weighted by Gasteiger charge is -2.36. The first-order chi connectivity index (χ1) is 17.3. The number of anilines is 1. The van der Waals surface area contributed by atoms with Crippen LogP contribution in [0.1, 0.15) is 50.0 Å². The molecule has 6 nitrogen and oxygen atoms in total. The standard InChI is InChI=1S/C27H22Br2ClNO5/c28-14-11-17(27(18(29)12-14)35-13-23(34)31-16-9-7-15(30)8-10-16)24-25-19(32)3-1-5-21(25)36-22-6-2-4-20(33)26(22)24/h7-12,24H,1-6,13H2,(H,31,34). The molecule has 2 aromatic carbocycles. The van der Waals surface area contributed by atoms with Crippen LogP contribution in [0.15, 0.2) is 68.0 Å². The van der Waals surface area contributed by atoms with E-state index in [2.05, 4.69) is 37.2 Å². The van der Waals surface area contributed by atoms with Crippen LogP contribution in [0.5, 0.6) is 5.75 Å². The SMILES string of the molecule is O=C(COc1c(Br)cc(Br)cc1C1C2=C(CCCC2=O)OC2=C1C(=O)CCC2)Nc1ccc(Cl)cc1. The fourth-order valence-electron chi connectivity index (χ4n) is 4.94. The number of benzene rings is 2. The Morgan fingerprint density at radius 1 is 0.972 bits per heavy atom. The fraction of sp³-hybridized carbons (Fsp3) is 0.296. The van der Waals surface area contributed by atoms with Crippen LogP contribution in [-0.4, -0.2) is 24.1 Å². The highest BCUT2D eigenvalue weighted by atomic mass is 79.9. The molecule has 0 fully saturated rings. The summed E-state index contributed by atoms with van der Waals surface area (Å²) in [4.78, 5) is 39.0. The fourth-order valence-corrected chi connectivity index (χ4v) is 6.44. The number of rotatable bonds is 5. The van der Waals surface area contributed by atoms with E-state index in [1.165, 1.54) is 0 Å². The number of halogens is 3. The number of ketones is 2. The maximum atomic E-state index is 13.2. The van der Waals surface area contributed by atoms with Crippen LogP contribution < -0.4 is 10.1 Å². The number of carbonyl (C=O) groups is 3. The van der Waals surface area contributed by atoms with Gasteiger partial charge in [-0.25, -0.2) is 0 Å². The minimum Gasteiger partial charge on any atom is -0.482 e. The summed E-state index contributed by atoms with van der Waals surface area (Å²) in [5.41, 5.74) is 2.29. The molecule has 2 aromatic rings. The molecule has 2 aliphatic carbocycles. The minimum atomic E-state index is -0.604. The lowest BCUT2D eigenvalue weighted by molar-refractivity contribution is -0.119. The Balaban J connectivity index is 1.52. The number of nitrogens with one attached hydrogen (secondary N) is 1. The molecule has 1 N–H and O–H groups in total. The second kappa shape index (κ2) is 10.5. The molecule has 0 radical (unpaired) electrons. The predicted molar refractivity (Wildman–Crippen MR) is 143 cm³/mol. The summed E-state index contributed by atoms with van der Waals surface area (Å²) in [5, 5.41) is 3.35. The van der Waals surface area contributed by atoms with E-state index < -0.39 is 5.92 Å². The zero-order valence-corrected chi connectivity index (χ0v) is 23.1. The summed E-state index contributed by atoms with van der Waals surface area (Å²) in [6, 6.07) is 10.4. The number of Topliss-reactive ketones (excluding diaryl/α,β-unsaturated/α-hetero) is 2. The summed E-state index contributed by atoms with van der Waals surface area (Å²) >= 11 is 13.0. The molecule has 1 heterocycles. The van der Waals surface area contributed by atoms with Gasteiger partial charge in [-0.1, -0.05) is 27.5 Å². The molecule has 3 aliphatic rings. The van der Waals surface area contributed by atoms with Gasteiger partial charge in [0.1, 0.15) is 17.3 Å². The van der Waals surface area contributed by atoms with E-state index in [1.54, 1.807) is 24.3 Å². The normalized spacial score (nSPS) is 18.0. The molecule has 0 atom stereocenters. The van der Waals surface area contributed by atoms with Gasteiger partial charge in [0.15, 0.2) is 18.2 Å². The number of carbonyl (C=O) groups excluding carboxylic acids is 3. The van der Waals surface area contributed by atoms with Gasteiger partial charge in [-0.05, 0) is 65.2 Å². The second-order valence-electron chi connectivity index (χ2n) is 8.91. The van der Waals surface area contributed by atoms with Gasteiger partial charge in [0.2, 0.25) is 0 Å². The first-order valence-corrected chi connectivity index (χ1v) is 13.7. The number of ether oxygens (including phenoxy) is 2. The van der Waals surface area contributed by atoms with Crippen molar-refractivity contribution < 1.29 is 23.9 Å². The molecule has 186 valence electrons. The smallest absolute Gasteiger partial charge is 0.262 e. The molecule has 0 aromatic heterocycles. The van der Waals surface area contributed by atoms with Crippen LogP contribution in [0.4, 0.5) is 5.69 Å². The van der Waals surface area contributed by atoms with Crippen molar-refractivity contribution >= 4 is 66.6 Å². The molecule has 0 spiro atoms. The zero-order valence-electron chi connectivity index (χ0n) is 19.2. The maximum absolute atomic E-state index is 13.2. The Labute approximate surface area is 230 Å². The van der Waals surface area contributed by atoms with Crippen LogP contribution in [0.25, 0.3) is 0 Å². The monoisotopic (exact) mass is 633 g/mol. The molecule has 0 bridgehead atoms. The van der Waals surface area contributed by atoms with E-state index in [9.17, 15) is 14.4 Å². The number of amides is 1. The van der Waals surface area contributed by atoms with Gasteiger partial charge in [0, 0.05) is 57.6 Å². The second-order valence-corrected chi connectivity index (χ2v) is 11.1. The van der Waals surface area contributed by atoms with Gasteiger partial charge in [0.25, 0.3) is 5.91 Å². The third-order valence-electron chi connectivity index (χ3n) is 6.46. The van der Waals surface area contributed by atoms with Gasteiger partial charge in [-0.15, -0.1) is 0 Å². The highest BCUT2D eigenvalue weighted by molar-refractivity contribution is 9.11. The lowest BCUT2D eigenvalue weighted by atomic mass is 9.73. The van der Waals surface area contributed by atoms with Crippen molar-refractivity contribution in [3.05, 3.63) is 78.6 Å². The van der Waals surface area contributed by atoms with E-state index in [4.69, 9.17) is 21.1 Å². The molecule has 1 amide bonds. The Morgan fingerprint density at radius 2 is 1.58 bits per heavy atom. The predicted octanol–water partition coefficient (Wildman–Crippen LogP) is 7.01. The lowest BCUT2D eigenvalue weighted by Crippen LogP contribution is -2.31. The summed E-state index contributed by atoms with van der Waals surface area (Å²) in [6.45, 7) is -0.265. The molecule has 0 unspecified atom stereocenters. The molecule has 1 aliphatic heterocycles. The maximum Gasteiger partial charge on any atom is 0.262 e. The van der Waals surface area contributed by atoms with Crippen LogP contribution in [0.2, 0.25) is 5.02 Å². The highest BCUT2D eigenvalue weighted by Gasteiger charge is 2.43. The van der Waals surface area contributed by atoms with Crippen LogP contribution >= 0.6 is 43.5 Å². The van der Waals surface area contributed by atoms with E-state index in [1.807, 2.05) is 12.1 Å². The zero-order chi connectivity index (χ0) is 25.4. The van der Waals surface area contributed by atoms with Crippen LogP contribution in [-0.2, 0) is 19.1 Å². The van der Waals surface area contributed by atoms with Crippen molar-refractivity contribution in [3.63, 3.8) is 0 Å². The van der Waals surface area contributed by atoms with E-state index >= 15 is 0 Å². The van der Waals surface area contributed by atoms with Gasteiger partial charge < -0.3 is 14.8 Å². The Morgan fingerprint density at radius 3 is 2.19 bits per heavy atom. The van der Waals surface area contributed by atoms with E-state index in [-0.39, 0.29) is 24.1 Å². The number of hydrogen-bond acceptors (Lipinski definition) is 5. The van der Waals surface area contributed by atoms with Crippen molar-refractivity contribution in [3.8, 4) is 5.75 Å². The third kappa shape index (κ3) is 5.04. The summed E-state index contributed by atoms with van der Waals surface area (Å²) in [7, 11) is 0. The number of hydrogen-bond donors (Lipinski definition) is 1. The summed E-state index contributed by atoms with van der Waals surface area (Å²) in [6.07, 6.45) is 3.55.